The van der Waals surface area contributed by atoms with Crippen molar-refractivity contribution in [3.8, 4) is 10.7 Å². The fraction of sp³-hybridized carbons (Fsp3) is 0.222. The third-order valence-corrected chi connectivity index (χ3v) is 4.35. The Labute approximate surface area is 139 Å². The fourth-order valence-corrected chi connectivity index (χ4v) is 3.12. The molecule has 2 heterocycles. The van der Waals surface area contributed by atoms with Gasteiger partial charge in [0.05, 0.1) is 17.5 Å². The normalized spacial score (nSPS) is 12.2. The summed E-state index contributed by atoms with van der Waals surface area (Å²) >= 11 is 1.59. The van der Waals surface area contributed by atoms with E-state index < -0.39 is 6.10 Å². The minimum Gasteiger partial charge on any atom is -0.391 e. The molecule has 0 radical (unpaired) electrons. The maximum Gasteiger partial charge on any atom is 0.142 e. The topological polar surface area (TPSA) is 58.0 Å². The quantitative estimate of drug-likeness (QED) is 0.701. The number of thiazole rings is 1. The van der Waals surface area contributed by atoms with Crippen LogP contribution in [-0.4, -0.2) is 27.7 Å². The highest BCUT2D eigenvalue weighted by Gasteiger charge is 2.07. The van der Waals surface area contributed by atoms with Crippen LogP contribution in [0.1, 0.15) is 11.3 Å². The number of rotatable bonds is 7. The Kier molecular flexibility index (Phi) is 5.47. The Morgan fingerprint density at radius 2 is 1.91 bits per heavy atom. The largest absolute Gasteiger partial charge is 0.391 e. The molecule has 0 saturated carbocycles. The van der Waals surface area contributed by atoms with E-state index >= 15 is 0 Å². The van der Waals surface area contributed by atoms with E-state index in [1.807, 2.05) is 53.9 Å². The summed E-state index contributed by atoms with van der Waals surface area (Å²) in [5.41, 5.74) is 3.02. The zero-order valence-electron chi connectivity index (χ0n) is 12.7. The zero-order chi connectivity index (χ0) is 15.9. The van der Waals surface area contributed by atoms with Gasteiger partial charge in [-0.3, -0.25) is 4.98 Å². The number of aromatic nitrogens is 2. The molecule has 4 nitrogen and oxygen atoms in total. The number of aliphatic hydroxyl groups is 1. The molecule has 3 aromatic rings. The molecule has 0 amide bonds. The molecule has 0 spiro atoms. The van der Waals surface area contributed by atoms with Crippen molar-refractivity contribution < 1.29 is 5.11 Å². The van der Waals surface area contributed by atoms with Crippen molar-refractivity contribution in [2.24, 2.45) is 0 Å². The van der Waals surface area contributed by atoms with Crippen LogP contribution in [0.4, 0.5) is 0 Å². The molecule has 0 saturated heterocycles. The van der Waals surface area contributed by atoms with Crippen molar-refractivity contribution in [3.05, 3.63) is 71.4 Å². The maximum atomic E-state index is 10.1. The average molecular weight is 325 g/mol. The predicted molar refractivity (Wildman–Crippen MR) is 93.2 cm³/mol. The van der Waals surface area contributed by atoms with Gasteiger partial charge in [0.25, 0.3) is 0 Å². The first kappa shape index (κ1) is 15.8. The maximum absolute atomic E-state index is 10.1. The number of benzene rings is 1. The number of hydrogen-bond acceptors (Lipinski definition) is 5. The second-order valence-electron chi connectivity index (χ2n) is 5.33. The Morgan fingerprint density at radius 3 is 2.70 bits per heavy atom. The van der Waals surface area contributed by atoms with Crippen molar-refractivity contribution in [2.45, 2.75) is 19.1 Å². The summed E-state index contributed by atoms with van der Waals surface area (Å²) < 4.78 is 0. The summed E-state index contributed by atoms with van der Waals surface area (Å²) in [4.78, 5) is 8.88. The Bertz CT molecular complexity index is 715. The van der Waals surface area contributed by atoms with E-state index in [1.165, 1.54) is 0 Å². The number of nitrogens with zero attached hydrogens (tertiary/aromatic N) is 2. The van der Waals surface area contributed by atoms with Crippen LogP contribution in [0.15, 0.2) is 60.1 Å². The van der Waals surface area contributed by atoms with E-state index in [0.717, 1.165) is 22.0 Å². The van der Waals surface area contributed by atoms with Crippen molar-refractivity contribution in [3.63, 3.8) is 0 Å². The summed E-state index contributed by atoms with van der Waals surface area (Å²) in [6.45, 7) is 1.19. The highest BCUT2D eigenvalue weighted by molar-refractivity contribution is 7.13. The Balaban J connectivity index is 1.47. The van der Waals surface area contributed by atoms with Gasteiger partial charge in [-0.1, -0.05) is 36.4 Å². The number of aliphatic hydroxyl groups excluding tert-OH is 1. The zero-order valence-corrected chi connectivity index (χ0v) is 13.5. The van der Waals surface area contributed by atoms with Gasteiger partial charge >= 0.3 is 0 Å². The molecule has 0 aliphatic rings. The lowest BCUT2D eigenvalue weighted by Gasteiger charge is -2.11. The molecule has 5 heteroatoms. The van der Waals surface area contributed by atoms with Crippen molar-refractivity contribution in [2.75, 3.05) is 6.54 Å². The lowest BCUT2D eigenvalue weighted by Crippen LogP contribution is -2.28. The first-order valence-electron chi connectivity index (χ1n) is 7.60. The Morgan fingerprint density at radius 1 is 1.09 bits per heavy atom. The van der Waals surface area contributed by atoms with E-state index in [4.69, 9.17) is 0 Å². The summed E-state index contributed by atoms with van der Waals surface area (Å²) in [5.74, 6) is 0. The van der Waals surface area contributed by atoms with Crippen LogP contribution in [0.5, 0.6) is 0 Å². The molecular weight excluding hydrogens is 306 g/mol. The van der Waals surface area contributed by atoms with E-state index in [2.05, 4.69) is 15.3 Å². The molecule has 1 unspecified atom stereocenters. The predicted octanol–water partition coefficient (Wildman–Crippen LogP) is 2.90. The molecule has 118 valence electrons. The van der Waals surface area contributed by atoms with Gasteiger partial charge in [0.1, 0.15) is 5.01 Å². The van der Waals surface area contributed by atoms with Gasteiger partial charge in [-0.15, -0.1) is 11.3 Å². The lowest BCUT2D eigenvalue weighted by atomic mass is 10.1. The van der Waals surface area contributed by atoms with Crippen molar-refractivity contribution in [1.82, 2.24) is 15.3 Å². The second-order valence-corrected chi connectivity index (χ2v) is 6.19. The summed E-state index contributed by atoms with van der Waals surface area (Å²) in [6, 6.07) is 15.8. The molecular formula is C18H19N3OS. The second kappa shape index (κ2) is 7.97. The van der Waals surface area contributed by atoms with E-state index in [-0.39, 0.29) is 0 Å². The number of hydrogen-bond donors (Lipinski definition) is 2. The molecule has 1 atom stereocenters. The molecule has 2 aromatic heterocycles. The molecule has 0 fully saturated rings. The summed E-state index contributed by atoms with van der Waals surface area (Å²) in [5, 5.41) is 16.3. The highest BCUT2D eigenvalue weighted by atomic mass is 32.1. The third kappa shape index (κ3) is 4.69. The minimum atomic E-state index is -0.397. The molecule has 2 N–H and O–H groups in total. The van der Waals surface area contributed by atoms with E-state index in [0.29, 0.717) is 19.5 Å². The van der Waals surface area contributed by atoms with E-state index in [1.54, 1.807) is 17.5 Å². The standard InChI is InChI=1S/C18H19N3OS/c22-16(10-14-6-2-1-3-7-14)12-19-11-15-13-23-18(21-15)17-8-4-5-9-20-17/h1-9,13,16,19,22H,10-12H2. The van der Waals surface area contributed by atoms with Gasteiger partial charge in [0.15, 0.2) is 0 Å². The molecule has 0 aliphatic carbocycles. The van der Waals surface area contributed by atoms with Gasteiger partial charge < -0.3 is 10.4 Å². The highest BCUT2D eigenvalue weighted by Crippen LogP contribution is 2.21. The van der Waals surface area contributed by atoms with Crippen LogP contribution in [0.25, 0.3) is 10.7 Å². The van der Waals surface area contributed by atoms with Crippen molar-refractivity contribution >= 4 is 11.3 Å². The van der Waals surface area contributed by atoms with Gasteiger partial charge in [0, 0.05) is 24.7 Å². The van der Waals surface area contributed by atoms with Crippen LogP contribution in [0, 0.1) is 0 Å². The number of nitrogens with one attached hydrogen (secondary N) is 1. The van der Waals surface area contributed by atoms with Crippen LogP contribution < -0.4 is 5.32 Å². The smallest absolute Gasteiger partial charge is 0.142 e. The molecule has 0 aliphatic heterocycles. The minimum absolute atomic E-state index is 0.397. The third-order valence-electron chi connectivity index (χ3n) is 3.44. The Hall–Kier alpha value is -2.08. The first-order valence-corrected chi connectivity index (χ1v) is 8.48. The molecule has 23 heavy (non-hydrogen) atoms. The summed E-state index contributed by atoms with van der Waals surface area (Å²) in [7, 11) is 0. The fourth-order valence-electron chi connectivity index (χ4n) is 2.32. The van der Waals surface area contributed by atoms with Crippen molar-refractivity contribution in [1.29, 1.82) is 0 Å². The SMILES string of the molecule is OC(CNCc1csc(-c2ccccn2)n1)Cc1ccccc1. The van der Waals surface area contributed by atoms with Crippen LogP contribution in [0.3, 0.4) is 0 Å². The number of pyridine rings is 1. The van der Waals surface area contributed by atoms with Gasteiger partial charge in [-0.2, -0.15) is 0 Å². The monoisotopic (exact) mass is 325 g/mol. The first-order chi connectivity index (χ1) is 11.3. The average Bonchev–Trinajstić information content (AvgIpc) is 3.05. The van der Waals surface area contributed by atoms with Crippen LogP contribution in [-0.2, 0) is 13.0 Å². The lowest BCUT2D eigenvalue weighted by molar-refractivity contribution is 0.171. The van der Waals surface area contributed by atoms with Gasteiger partial charge in [0.2, 0.25) is 0 Å². The molecule has 3 rings (SSSR count). The molecule has 1 aromatic carbocycles. The van der Waals surface area contributed by atoms with Crippen LogP contribution in [0.2, 0.25) is 0 Å². The van der Waals surface area contributed by atoms with Crippen LogP contribution >= 0.6 is 11.3 Å². The van der Waals surface area contributed by atoms with Gasteiger partial charge in [-0.05, 0) is 24.1 Å². The molecule has 0 bridgehead atoms. The van der Waals surface area contributed by atoms with Gasteiger partial charge in [-0.25, -0.2) is 4.98 Å². The summed E-state index contributed by atoms with van der Waals surface area (Å²) in [6.07, 6.45) is 2.03. The van der Waals surface area contributed by atoms with E-state index in [9.17, 15) is 5.11 Å².